The van der Waals surface area contributed by atoms with Crippen molar-refractivity contribution in [3.05, 3.63) is 64.1 Å². The van der Waals surface area contributed by atoms with Gasteiger partial charge in [-0.3, -0.25) is 9.59 Å². The number of rotatable bonds is 10. The van der Waals surface area contributed by atoms with Gasteiger partial charge in [-0.25, -0.2) is 0 Å². The number of nitrogens with zero attached hydrogens (tertiary/aromatic N) is 1. The Balaban J connectivity index is 2.09. The summed E-state index contributed by atoms with van der Waals surface area (Å²) in [6.07, 6.45) is 1.45. The van der Waals surface area contributed by atoms with E-state index in [1.165, 1.54) is 0 Å². The third-order valence-corrected chi connectivity index (χ3v) is 5.43. The number of benzene rings is 2. The molecule has 2 rings (SSSR count). The van der Waals surface area contributed by atoms with Crippen molar-refractivity contribution in [2.45, 2.75) is 45.7 Å². The van der Waals surface area contributed by atoms with Crippen LogP contribution in [0.1, 0.15) is 32.8 Å². The van der Waals surface area contributed by atoms with E-state index in [2.05, 4.69) is 5.32 Å². The van der Waals surface area contributed by atoms with E-state index < -0.39 is 6.04 Å². The highest BCUT2D eigenvalue weighted by atomic mass is 35.5. The summed E-state index contributed by atoms with van der Waals surface area (Å²) >= 11 is 12.0. The Morgan fingerprint density at radius 3 is 2.43 bits per heavy atom. The van der Waals surface area contributed by atoms with Gasteiger partial charge in [0.25, 0.3) is 5.91 Å². The molecule has 5 nitrogen and oxygen atoms in total. The Bertz CT molecular complexity index is 846. The lowest BCUT2D eigenvalue weighted by Gasteiger charge is -2.29. The van der Waals surface area contributed by atoms with Gasteiger partial charge in [-0.15, -0.1) is 0 Å². The minimum Gasteiger partial charge on any atom is -0.482 e. The normalized spacial score (nSPS) is 12.7. The van der Waals surface area contributed by atoms with Crippen LogP contribution in [-0.4, -0.2) is 41.9 Å². The fraction of sp³-hybridized carbons (Fsp3) is 0.391. The van der Waals surface area contributed by atoms with Crippen LogP contribution in [0, 0.1) is 0 Å². The molecule has 0 spiro atoms. The van der Waals surface area contributed by atoms with Gasteiger partial charge in [-0.2, -0.15) is 0 Å². The minimum atomic E-state index is -0.625. The van der Waals surface area contributed by atoms with Gasteiger partial charge in [0.1, 0.15) is 11.8 Å². The number of ether oxygens (including phenoxy) is 1. The van der Waals surface area contributed by atoms with Crippen molar-refractivity contribution < 1.29 is 14.3 Å². The molecule has 2 amide bonds. The average Bonchev–Trinajstić information content (AvgIpc) is 2.73. The topological polar surface area (TPSA) is 58.6 Å². The molecular weight excluding hydrogens is 423 g/mol. The van der Waals surface area contributed by atoms with Gasteiger partial charge in [0, 0.05) is 17.6 Å². The standard InChI is InChI=1S/C23H28Cl2N2O3/c1-4-16(2)26-23(29)17(3)27(13-12-18-8-6-5-7-9-18)22(28)15-30-21-11-10-19(24)14-20(21)25/h5-11,14,16-17H,4,12-13,15H2,1-3H3,(H,26,29)/t16-,17+/m0/s1. The van der Waals surface area contributed by atoms with Gasteiger partial charge in [-0.05, 0) is 50.5 Å². The Morgan fingerprint density at radius 1 is 1.10 bits per heavy atom. The molecule has 0 aliphatic carbocycles. The zero-order valence-corrected chi connectivity index (χ0v) is 19.0. The van der Waals surface area contributed by atoms with E-state index in [-0.39, 0.29) is 24.5 Å². The predicted octanol–water partition coefficient (Wildman–Crippen LogP) is 4.75. The second-order valence-corrected chi connectivity index (χ2v) is 8.02. The van der Waals surface area contributed by atoms with E-state index in [0.717, 1.165) is 12.0 Å². The van der Waals surface area contributed by atoms with Crippen LogP contribution in [0.5, 0.6) is 5.75 Å². The first-order valence-electron chi connectivity index (χ1n) is 10.0. The molecule has 1 N–H and O–H groups in total. The first-order chi connectivity index (χ1) is 14.3. The Labute approximate surface area is 188 Å². The highest BCUT2D eigenvalue weighted by molar-refractivity contribution is 6.35. The van der Waals surface area contributed by atoms with Crippen LogP contribution in [-0.2, 0) is 16.0 Å². The Morgan fingerprint density at radius 2 is 1.80 bits per heavy atom. The third kappa shape index (κ3) is 7.22. The molecule has 0 aliphatic rings. The van der Waals surface area contributed by atoms with Crippen molar-refractivity contribution in [3.8, 4) is 5.75 Å². The predicted molar refractivity (Wildman–Crippen MR) is 121 cm³/mol. The molecule has 7 heteroatoms. The molecule has 30 heavy (non-hydrogen) atoms. The molecule has 0 fully saturated rings. The largest absolute Gasteiger partial charge is 0.482 e. The zero-order chi connectivity index (χ0) is 22.1. The lowest BCUT2D eigenvalue weighted by molar-refractivity contribution is -0.141. The van der Waals surface area contributed by atoms with Crippen molar-refractivity contribution in [1.29, 1.82) is 0 Å². The van der Waals surface area contributed by atoms with Crippen LogP contribution in [0.15, 0.2) is 48.5 Å². The molecule has 2 aromatic rings. The monoisotopic (exact) mass is 450 g/mol. The maximum absolute atomic E-state index is 13.0. The molecule has 2 aromatic carbocycles. The molecule has 0 unspecified atom stereocenters. The quantitative estimate of drug-likeness (QED) is 0.568. The number of carbonyl (C=O) groups is 2. The van der Waals surface area contributed by atoms with Gasteiger partial charge in [0.05, 0.1) is 5.02 Å². The summed E-state index contributed by atoms with van der Waals surface area (Å²) in [5, 5.41) is 3.75. The van der Waals surface area contributed by atoms with Crippen LogP contribution in [0.3, 0.4) is 0 Å². The van der Waals surface area contributed by atoms with E-state index in [9.17, 15) is 9.59 Å². The number of nitrogens with one attached hydrogen (secondary N) is 1. The first kappa shape index (κ1) is 24.0. The van der Waals surface area contributed by atoms with Crippen LogP contribution >= 0.6 is 23.2 Å². The molecule has 162 valence electrons. The lowest BCUT2D eigenvalue weighted by Crippen LogP contribution is -2.51. The van der Waals surface area contributed by atoms with E-state index >= 15 is 0 Å². The summed E-state index contributed by atoms with van der Waals surface area (Å²) in [5.74, 6) is -0.104. The molecule has 0 aliphatic heterocycles. The van der Waals surface area contributed by atoms with Crippen molar-refractivity contribution in [1.82, 2.24) is 10.2 Å². The van der Waals surface area contributed by atoms with E-state index in [1.807, 2.05) is 44.2 Å². The number of hydrogen-bond acceptors (Lipinski definition) is 3. The Hall–Kier alpha value is -2.24. The fourth-order valence-electron chi connectivity index (χ4n) is 2.85. The smallest absolute Gasteiger partial charge is 0.261 e. The van der Waals surface area contributed by atoms with E-state index in [1.54, 1.807) is 30.0 Å². The van der Waals surface area contributed by atoms with Crippen molar-refractivity contribution in [2.24, 2.45) is 0 Å². The van der Waals surface area contributed by atoms with Gasteiger partial charge < -0.3 is 15.0 Å². The summed E-state index contributed by atoms with van der Waals surface area (Å²) in [6.45, 7) is 5.84. The molecule has 0 saturated heterocycles. The second-order valence-electron chi connectivity index (χ2n) is 7.18. The SMILES string of the molecule is CC[C@H](C)NC(=O)[C@@H](C)N(CCc1ccccc1)C(=O)COc1ccc(Cl)cc1Cl. The summed E-state index contributed by atoms with van der Waals surface area (Å²) in [5.41, 5.74) is 1.09. The maximum atomic E-state index is 13.0. The summed E-state index contributed by atoms with van der Waals surface area (Å²) in [6, 6.07) is 14.1. The van der Waals surface area contributed by atoms with Crippen LogP contribution in [0.25, 0.3) is 0 Å². The lowest BCUT2D eigenvalue weighted by atomic mass is 10.1. The van der Waals surface area contributed by atoms with E-state index in [4.69, 9.17) is 27.9 Å². The summed E-state index contributed by atoms with van der Waals surface area (Å²) < 4.78 is 5.61. The molecule has 0 radical (unpaired) electrons. The molecule has 0 bridgehead atoms. The van der Waals surface area contributed by atoms with Crippen LogP contribution < -0.4 is 10.1 Å². The van der Waals surface area contributed by atoms with Gasteiger partial charge in [-0.1, -0.05) is 60.5 Å². The van der Waals surface area contributed by atoms with E-state index in [0.29, 0.717) is 28.8 Å². The Kier molecular flexibility index (Phi) is 9.47. The summed E-state index contributed by atoms with van der Waals surface area (Å²) in [7, 11) is 0. The average molecular weight is 451 g/mol. The van der Waals surface area contributed by atoms with Gasteiger partial charge in [0.15, 0.2) is 6.61 Å². The molecule has 2 atom stereocenters. The first-order valence-corrected chi connectivity index (χ1v) is 10.8. The minimum absolute atomic E-state index is 0.0372. The number of amides is 2. The fourth-order valence-corrected chi connectivity index (χ4v) is 3.31. The van der Waals surface area contributed by atoms with Crippen molar-refractivity contribution in [2.75, 3.05) is 13.2 Å². The summed E-state index contributed by atoms with van der Waals surface area (Å²) in [4.78, 5) is 27.2. The van der Waals surface area contributed by atoms with Crippen LogP contribution in [0.2, 0.25) is 10.0 Å². The maximum Gasteiger partial charge on any atom is 0.261 e. The number of hydrogen-bond donors (Lipinski definition) is 1. The van der Waals surface area contributed by atoms with Gasteiger partial charge >= 0.3 is 0 Å². The van der Waals surface area contributed by atoms with Crippen LogP contribution in [0.4, 0.5) is 0 Å². The molecule has 0 saturated carbocycles. The highest BCUT2D eigenvalue weighted by Gasteiger charge is 2.26. The zero-order valence-electron chi connectivity index (χ0n) is 17.5. The number of carbonyl (C=O) groups excluding carboxylic acids is 2. The van der Waals surface area contributed by atoms with Crippen molar-refractivity contribution >= 4 is 35.0 Å². The molecular formula is C23H28Cl2N2O3. The second kappa shape index (κ2) is 11.8. The molecule has 0 aromatic heterocycles. The third-order valence-electron chi connectivity index (χ3n) is 4.90. The molecule has 0 heterocycles. The van der Waals surface area contributed by atoms with Gasteiger partial charge in [0.2, 0.25) is 5.91 Å². The highest BCUT2D eigenvalue weighted by Crippen LogP contribution is 2.27. The van der Waals surface area contributed by atoms with Crippen molar-refractivity contribution in [3.63, 3.8) is 0 Å². The number of halogens is 2.